The molecule has 1 aliphatic heterocycles. The Labute approximate surface area is 147 Å². The van der Waals surface area contributed by atoms with E-state index < -0.39 is 5.60 Å². The van der Waals surface area contributed by atoms with Crippen LogP contribution in [-0.2, 0) is 11.3 Å². The van der Waals surface area contributed by atoms with Crippen molar-refractivity contribution in [1.29, 1.82) is 0 Å². The standard InChI is InChI=1S/C18H28N2O2.C2H6/c1-5-16-14-19(13-15-9-7-6-8-10-15)11-12-20(16)17(21)22-18(2,3)4;1-2/h6-10,16H,5,11-14H2,1-4H3;1-2H3. The van der Waals surface area contributed by atoms with Gasteiger partial charge in [0.2, 0.25) is 0 Å². The lowest BCUT2D eigenvalue weighted by Crippen LogP contribution is -2.55. The summed E-state index contributed by atoms with van der Waals surface area (Å²) in [4.78, 5) is 16.6. The number of hydrogen-bond acceptors (Lipinski definition) is 3. The molecular formula is C20H34N2O2. The number of rotatable bonds is 3. The maximum atomic E-state index is 12.3. The third kappa shape index (κ3) is 6.52. The summed E-state index contributed by atoms with van der Waals surface area (Å²) in [6, 6.07) is 10.7. The maximum Gasteiger partial charge on any atom is 0.410 e. The third-order valence-electron chi connectivity index (χ3n) is 3.92. The first-order valence-electron chi connectivity index (χ1n) is 9.15. The van der Waals surface area contributed by atoms with Crippen molar-refractivity contribution in [2.45, 2.75) is 66.2 Å². The first kappa shape index (κ1) is 20.5. The number of ether oxygens (including phenoxy) is 1. The summed E-state index contributed by atoms with van der Waals surface area (Å²) < 4.78 is 5.53. The normalized spacial score (nSPS) is 18.6. The van der Waals surface area contributed by atoms with E-state index in [0.717, 1.165) is 32.6 Å². The summed E-state index contributed by atoms with van der Waals surface area (Å²) >= 11 is 0. The molecule has 2 rings (SSSR count). The van der Waals surface area contributed by atoms with Crippen LogP contribution < -0.4 is 0 Å². The first-order chi connectivity index (χ1) is 11.4. The third-order valence-corrected chi connectivity index (χ3v) is 3.92. The van der Waals surface area contributed by atoms with Gasteiger partial charge < -0.3 is 9.64 Å². The van der Waals surface area contributed by atoms with E-state index in [1.165, 1.54) is 5.56 Å². The van der Waals surface area contributed by atoms with Crippen molar-refractivity contribution >= 4 is 6.09 Å². The van der Waals surface area contributed by atoms with E-state index in [2.05, 4.69) is 36.1 Å². The van der Waals surface area contributed by atoms with Crippen LogP contribution in [0, 0.1) is 0 Å². The summed E-state index contributed by atoms with van der Waals surface area (Å²) in [5.74, 6) is 0. The molecule has 4 heteroatoms. The van der Waals surface area contributed by atoms with Crippen LogP contribution in [0.25, 0.3) is 0 Å². The molecule has 1 saturated heterocycles. The maximum absolute atomic E-state index is 12.3. The zero-order valence-electron chi connectivity index (χ0n) is 16.2. The van der Waals surface area contributed by atoms with E-state index in [4.69, 9.17) is 4.74 Å². The summed E-state index contributed by atoms with van der Waals surface area (Å²) in [7, 11) is 0. The fraction of sp³-hybridized carbons (Fsp3) is 0.650. The highest BCUT2D eigenvalue weighted by atomic mass is 16.6. The molecule has 1 aliphatic rings. The van der Waals surface area contributed by atoms with Gasteiger partial charge in [-0.15, -0.1) is 0 Å². The summed E-state index contributed by atoms with van der Waals surface area (Å²) in [5.41, 5.74) is 0.888. The molecule has 0 radical (unpaired) electrons. The van der Waals surface area contributed by atoms with Crippen LogP contribution in [0.15, 0.2) is 30.3 Å². The lowest BCUT2D eigenvalue weighted by atomic mass is 10.1. The quantitative estimate of drug-likeness (QED) is 0.813. The number of benzene rings is 1. The fourth-order valence-corrected chi connectivity index (χ4v) is 2.82. The Balaban J connectivity index is 0.00000139. The van der Waals surface area contributed by atoms with E-state index in [1.54, 1.807) is 0 Å². The predicted octanol–water partition coefficient (Wildman–Crippen LogP) is 4.54. The van der Waals surface area contributed by atoms with Crippen LogP contribution in [0.4, 0.5) is 4.79 Å². The van der Waals surface area contributed by atoms with Crippen molar-refractivity contribution in [2.24, 2.45) is 0 Å². The second-order valence-electron chi connectivity index (χ2n) is 6.96. The summed E-state index contributed by atoms with van der Waals surface area (Å²) in [6.45, 7) is 15.4. The molecule has 0 spiro atoms. The molecule has 0 bridgehead atoms. The summed E-state index contributed by atoms with van der Waals surface area (Å²) in [5, 5.41) is 0. The average molecular weight is 335 g/mol. The van der Waals surface area contributed by atoms with Gasteiger partial charge in [-0.25, -0.2) is 4.79 Å². The Hall–Kier alpha value is -1.55. The van der Waals surface area contributed by atoms with Gasteiger partial charge in [0, 0.05) is 32.2 Å². The topological polar surface area (TPSA) is 32.8 Å². The molecule has 4 nitrogen and oxygen atoms in total. The highest BCUT2D eigenvalue weighted by molar-refractivity contribution is 5.68. The monoisotopic (exact) mass is 334 g/mol. The van der Waals surface area contributed by atoms with Crippen LogP contribution in [-0.4, -0.2) is 47.2 Å². The molecule has 24 heavy (non-hydrogen) atoms. The van der Waals surface area contributed by atoms with E-state index in [9.17, 15) is 4.79 Å². The average Bonchev–Trinajstić information content (AvgIpc) is 2.56. The molecule has 1 aromatic carbocycles. The molecule has 1 unspecified atom stereocenters. The van der Waals surface area contributed by atoms with Gasteiger partial charge in [0.25, 0.3) is 0 Å². The Kier molecular flexibility index (Phi) is 8.26. The van der Waals surface area contributed by atoms with Gasteiger partial charge in [-0.05, 0) is 32.8 Å². The number of piperazine rings is 1. The van der Waals surface area contributed by atoms with E-state index in [-0.39, 0.29) is 12.1 Å². The van der Waals surface area contributed by atoms with Gasteiger partial charge in [-0.2, -0.15) is 0 Å². The molecule has 0 aliphatic carbocycles. The SMILES string of the molecule is CC.CCC1CN(Cc2ccccc2)CCN1C(=O)OC(C)(C)C. The van der Waals surface area contributed by atoms with Gasteiger partial charge in [-0.1, -0.05) is 51.1 Å². The van der Waals surface area contributed by atoms with Crippen LogP contribution in [0.2, 0.25) is 0 Å². The second kappa shape index (κ2) is 9.67. The molecule has 0 saturated carbocycles. The van der Waals surface area contributed by atoms with E-state index in [0.29, 0.717) is 0 Å². The van der Waals surface area contributed by atoms with Crippen LogP contribution in [0.1, 0.15) is 53.5 Å². The minimum Gasteiger partial charge on any atom is -0.444 e. The molecule has 1 amide bonds. The second-order valence-corrected chi connectivity index (χ2v) is 6.96. The number of carbonyl (C=O) groups is 1. The zero-order chi connectivity index (χ0) is 18.2. The van der Waals surface area contributed by atoms with Crippen LogP contribution >= 0.6 is 0 Å². The number of hydrogen-bond donors (Lipinski definition) is 0. The van der Waals surface area contributed by atoms with Crippen molar-refractivity contribution < 1.29 is 9.53 Å². The molecular weight excluding hydrogens is 300 g/mol. The van der Waals surface area contributed by atoms with Gasteiger partial charge in [0.05, 0.1) is 0 Å². The summed E-state index contributed by atoms with van der Waals surface area (Å²) in [6.07, 6.45) is 0.767. The largest absolute Gasteiger partial charge is 0.444 e. The van der Waals surface area contributed by atoms with E-state index in [1.807, 2.05) is 45.6 Å². The van der Waals surface area contributed by atoms with Gasteiger partial charge >= 0.3 is 6.09 Å². The molecule has 0 N–H and O–H groups in total. The number of nitrogens with zero attached hydrogens (tertiary/aromatic N) is 2. The highest BCUT2D eigenvalue weighted by Gasteiger charge is 2.32. The first-order valence-corrected chi connectivity index (χ1v) is 9.15. The molecule has 136 valence electrons. The lowest BCUT2D eigenvalue weighted by Gasteiger charge is -2.41. The highest BCUT2D eigenvalue weighted by Crippen LogP contribution is 2.19. The molecule has 1 aromatic rings. The van der Waals surface area contributed by atoms with Crippen LogP contribution in [0.3, 0.4) is 0 Å². The van der Waals surface area contributed by atoms with Crippen molar-refractivity contribution in [2.75, 3.05) is 19.6 Å². The Bertz CT molecular complexity index is 482. The zero-order valence-corrected chi connectivity index (χ0v) is 16.2. The minimum atomic E-state index is -0.434. The van der Waals surface area contributed by atoms with Crippen molar-refractivity contribution in [3.63, 3.8) is 0 Å². The Morgan fingerprint density at radius 2 is 1.79 bits per heavy atom. The molecule has 0 aromatic heterocycles. The van der Waals surface area contributed by atoms with Crippen molar-refractivity contribution in [3.8, 4) is 0 Å². The van der Waals surface area contributed by atoms with E-state index >= 15 is 0 Å². The fourth-order valence-electron chi connectivity index (χ4n) is 2.82. The van der Waals surface area contributed by atoms with Gasteiger partial charge in [-0.3, -0.25) is 4.90 Å². The molecule has 1 heterocycles. The lowest BCUT2D eigenvalue weighted by molar-refractivity contribution is -0.00300. The number of amides is 1. The van der Waals surface area contributed by atoms with Crippen molar-refractivity contribution in [1.82, 2.24) is 9.80 Å². The van der Waals surface area contributed by atoms with Gasteiger partial charge in [0.1, 0.15) is 5.60 Å². The van der Waals surface area contributed by atoms with Gasteiger partial charge in [0.15, 0.2) is 0 Å². The van der Waals surface area contributed by atoms with Crippen molar-refractivity contribution in [3.05, 3.63) is 35.9 Å². The smallest absolute Gasteiger partial charge is 0.410 e. The molecule has 1 fully saturated rings. The molecule has 1 atom stereocenters. The van der Waals surface area contributed by atoms with Crippen LogP contribution in [0.5, 0.6) is 0 Å². The Morgan fingerprint density at radius 3 is 2.33 bits per heavy atom. The minimum absolute atomic E-state index is 0.182. The Morgan fingerprint density at radius 1 is 1.17 bits per heavy atom. The predicted molar refractivity (Wildman–Crippen MR) is 100 cm³/mol. The number of carbonyl (C=O) groups excluding carboxylic acids is 1.